The van der Waals surface area contributed by atoms with Crippen molar-refractivity contribution in [3.63, 3.8) is 0 Å². The Kier molecular flexibility index (Phi) is 9.84. The summed E-state index contributed by atoms with van der Waals surface area (Å²) in [7, 11) is 0. The molecule has 0 fully saturated rings. The van der Waals surface area contributed by atoms with Crippen LogP contribution in [0.2, 0.25) is 0 Å². The number of carbonyl (C=O) groups excluding carboxylic acids is 3. The molecule has 0 aliphatic carbocycles. The van der Waals surface area contributed by atoms with Crippen molar-refractivity contribution in [2.45, 2.75) is 38.4 Å². The fraction of sp³-hybridized carbons (Fsp3) is 0.643. The summed E-state index contributed by atoms with van der Waals surface area (Å²) in [5.41, 5.74) is 5.59. The van der Waals surface area contributed by atoms with Crippen molar-refractivity contribution in [1.82, 2.24) is 16.0 Å². The molecule has 0 rings (SSSR count). The summed E-state index contributed by atoms with van der Waals surface area (Å²) in [6.07, 6.45) is -0.879. The predicted molar refractivity (Wildman–Crippen MR) is 86.7 cm³/mol. The van der Waals surface area contributed by atoms with E-state index in [9.17, 15) is 29.1 Å². The maximum Gasteiger partial charge on any atom is 0.326 e. The lowest BCUT2D eigenvalue weighted by Gasteiger charge is -2.20. The summed E-state index contributed by atoms with van der Waals surface area (Å²) < 4.78 is 0. The van der Waals surface area contributed by atoms with E-state index in [0.29, 0.717) is 0 Å². The topological polar surface area (TPSA) is 208 Å². The monoisotopic (exact) mass is 376 g/mol. The molecule has 0 heterocycles. The van der Waals surface area contributed by atoms with Crippen LogP contribution in [-0.4, -0.2) is 76.3 Å². The predicted octanol–water partition coefficient (Wildman–Crippen LogP) is -3.39. The molecule has 8 N–H and O–H groups in total. The number of amides is 3. The molecule has 12 nitrogen and oxygen atoms in total. The van der Waals surface area contributed by atoms with Crippen molar-refractivity contribution in [3.8, 4) is 0 Å². The fourth-order valence-corrected chi connectivity index (χ4v) is 1.67. The van der Waals surface area contributed by atoms with E-state index >= 15 is 0 Å². The normalized spacial score (nSPS) is 14.0. The maximum absolute atomic E-state index is 11.9. The SMILES string of the molecule is CC(C)C(N)C(=O)NCC(=O)NC(CO)C(=O)NC(CC(=O)O)C(=O)O. The second kappa shape index (κ2) is 11.0. The minimum atomic E-state index is -1.73. The van der Waals surface area contributed by atoms with Gasteiger partial charge in [-0.25, -0.2) is 4.79 Å². The van der Waals surface area contributed by atoms with Crippen molar-refractivity contribution in [3.05, 3.63) is 0 Å². The van der Waals surface area contributed by atoms with E-state index in [1.54, 1.807) is 13.8 Å². The van der Waals surface area contributed by atoms with Gasteiger partial charge in [-0.15, -0.1) is 0 Å². The molecule has 0 aromatic carbocycles. The van der Waals surface area contributed by atoms with Gasteiger partial charge in [0, 0.05) is 0 Å². The maximum atomic E-state index is 11.9. The van der Waals surface area contributed by atoms with Gasteiger partial charge in [0.2, 0.25) is 17.7 Å². The molecular formula is C14H24N4O8. The van der Waals surface area contributed by atoms with E-state index < -0.39 is 67.4 Å². The zero-order valence-electron chi connectivity index (χ0n) is 14.4. The number of aliphatic carboxylic acids is 2. The van der Waals surface area contributed by atoms with E-state index in [0.717, 1.165) is 0 Å². The van der Waals surface area contributed by atoms with Crippen molar-refractivity contribution >= 4 is 29.7 Å². The van der Waals surface area contributed by atoms with Gasteiger partial charge in [0.1, 0.15) is 12.1 Å². The third kappa shape index (κ3) is 8.39. The van der Waals surface area contributed by atoms with Crippen LogP contribution in [0.1, 0.15) is 20.3 Å². The highest BCUT2D eigenvalue weighted by atomic mass is 16.4. The molecule has 0 aromatic heterocycles. The number of carboxylic acids is 2. The quantitative estimate of drug-likeness (QED) is 0.191. The smallest absolute Gasteiger partial charge is 0.326 e. The second-order valence-electron chi connectivity index (χ2n) is 5.79. The third-order valence-corrected chi connectivity index (χ3v) is 3.27. The molecule has 0 radical (unpaired) electrons. The molecule has 26 heavy (non-hydrogen) atoms. The second-order valence-corrected chi connectivity index (χ2v) is 5.79. The molecule has 0 bridgehead atoms. The van der Waals surface area contributed by atoms with Crippen LogP contribution in [-0.2, 0) is 24.0 Å². The molecule has 3 amide bonds. The Morgan fingerprint density at radius 1 is 0.962 bits per heavy atom. The van der Waals surface area contributed by atoms with Crippen LogP contribution in [0.3, 0.4) is 0 Å². The minimum Gasteiger partial charge on any atom is -0.481 e. The van der Waals surface area contributed by atoms with Gasteiger partial charge in [0.05, 0.1) is 25.6 Å². The number of aliphatic hydroxyl groups excluding tert-OH is 1. The van der Waals surface area contributed by atoms with E-state index in [2.05, 4.69) is 10.6 Å². The first-order valence-corrected chi connectivity index (χ1v) is 7.68. The van der Waals surface area contributed by atoms with Crippen molar-refractivity contribution in [2.75, 3.05) is 13.2 Å². The Morgan fingerprint density at radius 2 is 1.54 bits per heavy atom. The highest BCUT2D eigenvalue weighted by molar-refractivity contribution is 5.93. The zero-order valence-corrected chi connectivity index (χ0v) is 14.4. The summed E-state index contributed by atoms with van der Waals surface area (Å²) in [6, 6.07) is -4.07. The molecule has 0 aliphatic rings. The lowest BCUT2D eigenvalue weighted by atomic mass is 10.1. The Morgan fingerprint density at radius 3 is 1.96 bits per heavy atom. The summed E-state index contributed by atoms with van der Waals surface area (Å²) in [4.78, 5) is 56.8. The van der Waals surface area contributed by atoms with Gasteiger partial charge in [-0.05, 0) is 5.92 Å². The van der Waals surface area contributed by atoms with Crippen LogP contribution >= 0.6 is 0 Å². The first-order valence-electron chi connectivity index (χ1n) is 7.68. The van der Waals surface area contributed by atoms with E-state index in [1.165, 1.54) is 0 Å². The Bertz CT molecular complexity index is 551. The van der Waals surface area contributed by atoms with Crippen LogP contribution in [0, 0.1) is 5.92 Å². The molecule has 12 heteroatoms. The van der Waals surface area contributed by atoms with Gasteiger partial charge in [-0.2, -0.15) is 0 Å². The number of aliphatic hydroxyl groups is 1. The third-order valence-electron chi connectivity index (χ3n) is 3.27. The fourth-order valence-electron chi connectivity index (χ4n) is 1.67. The molecule has 3 unspecified atom stereocenters. The number of carboxylic acid groups (broad SMARTS) is 2. The first kappa shape index (κ1) is 23.3. The highest BCUT2D eigenvalue weighted by Gasteiger charge is 2.28. The molecule has 0 aromatic rings. The number of rotatable bonds is 11. The van der Waals surface area contributed by atoms with Gasteiger partial charge in [-0.1, -0.05) is 13.8 Å². The first-order chi connectivity index (χ1) is 12.0. The average molecular weight is 376 g/mol. The van der Waals surface area contributed by atoms with Gasteiger partial charge < -0.3 is 37.0 Å². The van der Waals surface area contributed by atoms with Crippen molar-refractivity contribution in [1.29, 1.82) is 0 Å². The molecule has 3 atom stereocenters. The number of nitrogens with two attached hydrogens (primary N) is 1. The number of nitrogens with one attached hydrogen (secondary N) is 3. The van der Waals surface area contributed by atoms with Crippen molar-refractivity contribution < 1.29 is 39.3 Å². The van der Waals surface area contributed by atoms with Gasteiger partial charge in [0.15, 0.2) is 0 Å². The van der Waals surface area contributed by atoms with Gasteiger partial charge in [0.25, 0.3) is 0 Å². The number of carbonyl (C=O) groups is 5. The Hall–Kier alpha value is -2.73. The highest BCUT2D eigenvalue weighted by Crippen LogP contribution is 1.97. The minimum absolute atomic E-state index is 0.156. The van der Waals surface area contributed by atoms with E-state index in [4.69, 9.17) is 15.9 Å². The summed E-state index contributed by atoms with van der Waals surface area (Å²) in [5.74, 6) is -5.68. The van der Waals surface area contributed by atoms with Crippen molar-refractivity contribution in [2.24, 2.45) is 11.7 Å². The lowest BCUT2D eigenvalue weighted by molar-refractivity contribution is -0.147. The van der Waals surface area contributed by atoms with Gasteiger partial charge in [-0.3, -0.25) is 19.2 Å². The molecule has 0 spiro atoms. The Balaban J connectivity index is 4.65. The van der Waals surface area contributed by atoms with Crippen LogP contribution < -0.4 is 21.7 Å². The number of hydrogen-bond donors (Lipinski definition) is 7. The van der Waals surface area contributed by atoms with Crippen LogP contribution in [0.15, 0.2) is 0 Å². The molecule has 0 saturated carbocycles. The van der Waals surface area contributed by atoms with Crippen LogP contribution in [0.25, 0.3) is 0 Å². The van der Waals surface area contributed by atoms with E-state index in [1.807, 2.05) is 5.32 Å². The summed E-state index contributed by atoms with van der Waals surface area (Å²) >= 11 is 0. The molecular weight excluding hydrogens is 352 g/mol. The molecule has 0 saturated heterocycles. The lowest BCUT2D eigenvalue weighted by Crippen LogP contribution is -2.55. The van der Waals surface area contributed by atoms with E-state index in [-0.39, 0.29) is 5.92 Å². The average Bonchev–Trinajstić information content (AvgIpc) is 2.55. The summed E-state index contributed by atoms with van der Waals surface area (Å²) in [5, 5.41) is 32.9. The van der Waals surface area contributed by atoms with Gasteiger partial charge >= 0.3 is 11.9 Å². The molecule has 0 aliphatic heterocycles. The molecule has 148 valence electrons. The zero-order chi connectivity index (χ0) is 20.4. The Labute approximate surface area is 149 Å². The number of hydrogen-bond acceptors (Lipinski definition) is 7. The summed E-state index contributed by atoms with van der Waals surface area (Å²) in [6.45, 7) is 2.05. The largest absolute Gasteiger partial charge is 0.481 e. The standard InChI is InChI=1S/C14H24N4O8/c1-6(2)11(15)13(24)16-4-9(20)17-8(5-19)12(23)18-7(14(25)26)3-10(21)22/h6-8,11,19H,3-5,15H2,1-2H3,(H,16,24)(H,17,20)(H,18,23)(H,21,22)(H,25,26). The van der Waals surface area contributed by atoms with Crippen LogP contribution in [0.4, 0.5) is 0 Å². The van der Waals surface area contributed by atoms with Crippen LogP contribution in [0.5, 0.6) is 0 Å².